The second-order valence-corrected chi connectivity index (χ2v) is 8.39. The standard InChI is InChI=1S/C23H33ClO4/c1-2-3-12-20(25)16-9-8-10-17(14-16)23-18(19(24)15-21(23)26)11-6-4-5-7-13-22(27)28/h4,6,8-10,14,18-21,23,25-26H,2-3,5,7,11-13,15H2,1H3,(H,27,28)/b6-4-/t18-,19+,20?,21+,23+/m0/s1. The van der Waals surface area contributed by atoms with E-state index in [1.54, 1.807) is 0 Å². The highest BCUT2D eigenvalue weighted by Gasteiger charge is 2.41. The molecule has 4 nitrogen and oxygen atoms in total. The van der Waals surface area contributed by atoms with Crippen LogP contribution in [0.3, 0.4) is 0 Å². The van der Waals surface area contributed by atoms with Crippen molar-refractivity contribution in [1.29, 1.82) is 0 Å². The number of benzene rings is 1. The number of unbranched alkanes of at least 4 members (excludes halogenated alkanes) is 2. The van der Waals surface area contributed by atoms with Crippen molar-refractivity contribution in [1.82, 2.24) is 0 Å². The summed E-state index contributed by atoms with van der Waals surface area (Å²) in [6, 6.07) is 7.93. The number of carboxylic acid groups (broad SMARTS) is 1. The second-order valence-electron chi connectivity index (χ2n) is 7.83. The van der Waals surface area contributed by atoms with Gasteiger partial charge in [-0.15, -0.1) is 11.6 Å². The summed E-state index contributed by atoms with van der Waals surface area (Å²) in [4.78, 5) is 10.6. The number of carbonyl (C=O) groups is 1. The maximum Gasteiger partial charge on any atom is 0.303 e. The van der Waals surface area contributed by atoms with Gasteiger partial charge in [-0.05, 0) is 49.1 Å². The van der Waals surface area contributed by atoms with Gasteiger partial charge in [-0.3, -0.25) is 4.79 Å². The molecule has 0 radical (unpaired) electrons. The molecular formula is C23H33ClO4. The number of halogens is 1. The number of alkyl halides is 1. The Balaban J connectivity index is 2.05. The topological polar surface area (TPSA) is 77.8 Å². The van der Waals surface area contributed by atoms with Crippen molar-refractivity contribution in [3.63, 3.8) is 0 Å². The molecule has 0 aliphatic heterocycles. The van der Waals surface area contributed by atoms with Crippen LogP contribution in [-0.4, -0.2) is 32.8 Å². The van der Waals surface area contributed by atoms with Crippen molar-refractivity contribution in [3.8, 4) is 0 Å². The first-order valence-electron chi connectivity index (χ1n) is 10.4. The Hall–Kier alpha value is -1.36. The molecule has 3 N–H and O–H groups in total. The van der Waals surface area contributed by atoms with E-state index < -0.39 is 18.2 Å². The average molecular weight is 409 g/mol. The molecule has 0 bridgehead atoms. The largest absolute Gasteiger partial charge is 0.481 e. The predicted octanol–water partition coefficient (Wildman–Crippen LogP) is 5.18. The van der Waals surface area contributed by atoms with Crippen molar-refractivity contribution >= 4 is 17.6 Å². The number of hydrogen-bond acceptors (Lipinski definition) is 3. The maximum absolute atomic E-state index is 10.6. The normalized spacial score (nSPS) is 26.0. The zero-order valence-electron chi connectivity index (χ0n) is 16.6. The lowest BCUT2D eigenvalue weighted by Gasteiger charge is -2.24. The first-order chi connectivity index (χ1) is 13.4. The molecule has 1 aromatic rings. The molecule has 1 aliphatic carbocycles. The number of carboxylic acids is 1. The minimum absolute atomic E-state index is 0.0514. The van der Waals surface area contributed by atoms with E-state index in [2.05, 4.69) is 13.0 Å². The molecule has 0 amide bonds. The van der Waals surface area contributed by atoms with Crippen molar-refractivity contribution < 1.29 is 20.1 Å². The SMILES string of the molecule is CCCCC(O)c1cccc([C@@H]2[C@@H](C/C=C\CCCC(=O)O)[C@H](Cl)C[C@H]2O)c1. The van der Waals surface area contributed by atoms with Gasteiger partial charge in [0.25, 0.3) is 0 Å². The fourth-order valence-electron chi connectivity index (χ4n) is 4.11. The molecule has 5 atom stereocenters. The molecule has 1 unspecified atom stereocenters. The Bertz CT molecular complexity index is 645. The van der Waals surface area contributed by atoms with E-state index in [0.29, 0.717) is 12.8 Å². The van der Waals surface area contributed by atoms with Crippen LogP contribution in [0.2, 0.25) is 0 Å². The summed E-state index contributed by atoms with van der Waals surface area (Å²) < 4.78 is 0. The highest BCUT2D eigenvalue weighted by molar-refractivity contribution is 6.21. The van der Waals surface area contributed by atoms with E-state index in [4.69, 9.17) is 16.7 Å². The zero-order valence-corrected chi connectivity index (χ0v) is 17.4. The van der Waals surface area contributed by atoms with Gasteiger partial charge in [0.05, 0.1) is 12.2 Å². The van der Waals surface area contributed by atoms with Crippen LogP contribution < -0.4 is 0 Å². The summed E-state index contributed by atoms with van der Waals surface area (Å²) in [7, 11) is 0. The van der Waals surface area contributed by atoms with Crippen molar-refractivity contribution in [2.45, 2.75) is 81.8 Å². The summed E-state index contributed by atoms with van der Waals surface area (Å²) in [6.45, 7) is 2.11. The van der Waals surface area contributed by atoms with Crippen LogP contribution in [0, 0.1) is 5.92 Å². The number of aliphatic carboxylic acids is 1. The number of allylic oxidation sites excluding steroid dienone is 2. The van der Waals surface area contributed by atoms with Crippen LogP contribution >= 0.6 is 11.6 Å². The lowest BCUT2D eigenvalue weighted by Crippen LogP contribution is -2.18. The first-order valence-corrected chi connectivity index (χ1v) is 10.8. The van der Waals surface area contributed by atoms with E-state index in [9.17, 15) is 15.0 Å². The highest BCUT2D eigenvalue weighted by atomic mass is 35.5. The number of rotatable bonds is 11. The van der Waals surface area contributed by atoms with E-state index in [1.807, 2.05) is 30.3 Å². The molecule has 1 aliphatic rings. The molecule has 28 heavy (non-hydrogen) atoms. The third-order valence-corrected chi connectivity index (χ3v) is 6.16. The monoisotopic (exact) mass is 408 g/mol. The second kappa shape index (κ2) is 11.6. The third kappa shape index (κ3) is 6.61. The molecule has 0 heterocycles. The van der Waals surface area contributed by atoms with Crippen LogP contribution in [0.25, 0.3) is 0 Å². The minimum atomic E-state index is -0.769. The van der Waals surface area contributed by atoms with Gasteiger partial charge < -0.3 is 15.3 Å². The molecule has 0 aromatic heterocycles. The van der Waals surface area contributed by atoms with Gasteiger partial charge >= 0.3 is 5.97 Å². The summed E-state index contributed by atoms with van der Waals surface area (Å²) in [5, 5.41) is 29.6. The third-order valence-electron chi connectivity index (χ3n) is 5.65. The van der Waals surface area contributed by atoms with Gasteiger partial charge in [-0.25, -0.2) is 0 Å². The van der Waals surface area contributed by atoms with Crippen LogP contribution in [0.15, 0.2) is 36.4 Å². The van der Waals surface area contributed by atoms with Gasteiger partial charge in [0.1, 0.15) is 0 Å². The summed E-state index contributed by atoms with van der Waals surface area (Å²) >= 11 is 6.55. The van der Waals surface area contributed by atoms with Crippen LogP contribution in [0.5, 0.6) is 0 Å². The lowest BCUT2D eigenvalue weighted by atomic mass is 9.84. The van der Waals surface area contributed by atoms with Gasteiger partial charge in [0.2, 0.25) is 0 Å². The Morgan fingerprint density at radius 2 is 2.11 bits per heavy atom. The van der Waals surface area contributed by atoms with Crippen LogP contribution in [0.1, 0.15) is 81.4 Å². The fraction of sp³-hybridized carbons (Fsp3) is 0.609. The van der Waals surface area contributed by atoms with Gasteiger partial charge in [-0.2, -0.15) is 0 Å². The summed E-state index contributed by atoms with van der Waals surface area (Å²) in [6.07, 6.45) is 8.75. The quantitative estimate of drug-likeness (QED) is 0.267. The van der Waals surface area contributed by atoms with E-state index >= 15 is 0 Å². The molecule has 156 valence electrons. The van der Waals surface area contributed by atoms with Crippen LogP contribution in [-0.2, 0) is 4.79 Å². The van der Waals surface area contributed by atoms with Crippen molar-refractivity contribution in [2.24, 2.45) is 5.92 Å². The summed E-state index contributed by atoms with van der Waals surface area (Å²) in [5.41, 5.74) is 1.94. The van der Waals surface area contributed by atoms with E-state index in [-0.39, 0.29) is 23.6 Å². The smallest absolute Gasteiger partial charge is 0.303 e. The zero-order chi connectivity index (χ0) is 20.5. The molecule has 0 spiro atoms. The molecule has 2 rings (SSSR count). The van der Waals surface area contributed by atoms with E-state index in [1.165, 1.54) is 0 Å². The lowest BCUT2D eigenvalue weighted by molar-refractivity contribution is -0.137. The Labute approximate surface area is 173 Å². The molecular weight excluding hydrogens is 376 g/mol. The average Bonchev–Trinajstić information content (AvgIpc) is 2.95. The van der Waals surface area contributed by atoms with Crippen LogP contribution in [0.4, 0.5) is 0 Å². The first kappa shape index (κ1) is 22.9. The fourth-order valence-corrected chi connectivity index (χ4v) is 4.55. The van der Waals surface area contributed by atoms with Gasteiger partial charge in [-0.1, -0.05) is 56.2 Å². The highest BCUT2D eigenvalue weighted by Crippen LogP contribution is 2.45. The minimum Gasteiger partial charge on any atom is -0.481 e. The molecule has 0 saturated heterocycles. The summed E-state index contributed by atoms with van der Waals surface area (Å²) in [5.74, 6) is -0.700. The number of aliphatic hydroxyl groups excluding tert-OH is 2. The van der Waals surface area contributed by atoms with Gasteiger partial charge in [0, 0.05) is 17.7 Å². The molecule has 1 aromatic carbocycles. The van der Waals surface area contributed by atoms with Gasteiger partial charge in [0.15, 0.2) is 0 Å². The van der Waals surface area contributed by atoms with Crippen molar-refractivity contribution in [3.05, 3.63) is 47.5 Å². The predicted molar refractivity (Wildman–Crippen MR) is 113 cm³/mol. The van der Waals surface area contributed by atoms with E-state index in [0.717, 1.165) is 43.2 Å². The Kier molecular flexibility index (Phi) is 9.49. The molecule has 5 heteroatoms. The van der Waals surface area contributed by atoms with Crippen molar-refractivity contribution in [2.75, 3.05) is 0 Å². The Morgan fingerprint density at radius 3 is 2.82 bits per heavy atom. The molecule has 1 fully saturated rings. The number of aliphatic hydroxyl groups is 2. The molecule has 1 saturated carbocycles. The maximum atomic E-state index is 10.6. The Morgan fingerprint density at radius 1 is 1.32 bits per heavy atom. The number of hydrogen-bond donors (Lipinski definition) is 3.